The van der Waals surface area contributed by atoms with Gasteiger partial charge in [0, 0.05) is 27.3 Å². The number of carbonyl (C=O) groups excluding carboxylic acids is 1. The highest BCUT2D eigenvalue weighted by Gasteiger charge is 2.18. The summed E-state index contributed by atoms with van der Waals surface area (Å²) in [5.74, 6) is 0.616. The van der Waals surface area contributed by atoms with Crippen LogP contribution in [0.4, 0.5) is 5.69 Å². The molecule has 4 nitrogen and oxygen atoms in total. The van der Waals surface area contributed by atoms with Gasteiger partial charge in [0.1, 0.15) is 18.4 Å². The van der Waals surface area contributed by atoms with Crippen molar-refractivity contribution in [3.63, 3.8) is 0 Å². The van der Waals surface area contributed by atoms with Crippen molar-refractivity contribution in [3.8, 4) is 5.75 Å². The zero-order valence-corrected chi connectivity index (χ0v) is 17.8. The van der Waals surface area contributed by atoms with Crippen LogP contribution in [0.25, 0.3) is 10.9 Å². The highest BCUT2D eigenvalue weighted by atomic mass is 35.5. The molecule has 0 bridgehead atoms. The first-order chi connectivity index (χ1) is 14.5. The number of amides is 1. The van der Waals surface area contributed by atoms with E-state index in [1.165, 1.54) is 0 Å². The Hall–Kier alpha value is -2.95. The molecule has 1 N–H and O–H groups in total. The van der Waals surface area contributed by atoms with Crippen LogP contribution in [0.2, 0.25) is 10.0 Å². The number of halogens is 2. The summed E-state index contributed by atoms with van der Waals surface area (Å²) in [6.45, 7) is 2.33. The second-order valence-electron chi connectivity index (χ2n) is 7.01. The van der Waals surface area contributed by atoms with Crippen molar-refractivity contribution in [1.82, 2.24) is 4.57 Å². The standard InChI is InChI=1S/C24H20Cl2N2O2/c1-16(24(29)27-20-13-18(25)12-19(26)14-20)28-11-10-21-22(28)8-5-9-23(21)30-15-17-6-3-2-4-7-17/h2-14,16H,15H2,1H3,(H,27,29). The number of hydrogen-bond donors (Lipinski definition) is 1. The van der Waals surface area contributed by atoms with Gasteiger partial charge in [-0.1, -0.05) is 59.6 Å². The molecule has 4 aromatic rings. The van der Waals surface area contributed by atoms with Gasteiger partial charge < -0.3 is 14.6 Å². The number of nitrogens with one attached hydrogen (secondary N) is 1. The van der Waals surface area contributed by atoms with Gasteiger partial charge in [0.2, 0.25) is 5.91 Å². The molecule has 0 aliphatic rings. The summed E-state index contributed by atoms with van der Waals surface area (Å²) in [7, 11) is 0. The van der Waals surface area contributed by atoms with E-state index in [1.54, 1.807) is 18.2 Å². The first kappa shape index (κ1) is 20.3. The normalized spacial score (nSPS) is 12.0. The highest BCUT2D eigenvalue weighted by molar-refractivity contribution is 6.35. The van der Waals surface area contributed by atoms with Crippen LogP contribution in [-0.4, -0.2) is 10.5 Å². The van der Waals surface area contributed by atoms with Gasteiger partial charge in [0.15, 0.2) is 0 Å². The van der Waals surface area contributed by atoms with Gasteiger partial charge in [-0.05, 0) is 48.9 Å². The van der Waals surface area contributed by atoms with E-state index in [0.717, 1.165) is 22.2 Å². The van der Waals surface area contributed by atoms with Gasteiger partial charge in [-0.3, -0.25) is 4.79 Å². The van der Waals surface area contributed by atoms with Crippen molar-refractivity contribution in [2.75, 3.05) is 5.32 Å². The molecule has 0 radical (unpaired) electrons. The molecule has 0 saturated carbocycles. The molecule has 0 saturated heterocycles. The molecule has 1 unspecified atom stereocenters. The third kappa shape index (κ3) is 4.45. The second kappa shape index (κ2) is 8.82. The number of anilines is 1. The monoisotopic (exact) mass is 438 g/mol. The number of aromatic nitrogens is 1. The molecule has 1 aromatic heterocycles. The van der Waals surface area contributed by atoms with Gasteiger partial charge in [-0.15, -0.1) is 0 Å². The molecule has 30 heavy (non-hydrogen) atoms. The number of carbonyl (C=O) groups is 1. The Bertz CT molecular complexity index is 1170. The van der Waals surface area contributed by atoms with Crippen LogP contribution >= 0.6 is 23.2 Å². The Labute approximate surface area is 185 Å². The minimum atomic E-state index is -0.440. The topological polar surface area (TPSA) is 43.3 Å². The minimum absolute atomic E-state index is 0.165. The lowest BCUT2D eigenvalue weighted by Gasteiger charge is -2.16. The molecular formula is C24H20Cl2N2O2. The van der Waals surface area contributed by atoms with Crippen LogP contribution in [0.1, 0.15) is 18.5 Å². The fourth-order valence-corrected chi connectivity index (χ4v) is 3.88. The number of hydrogen-bond acceptors (Lipinski definition) is 2. The fourth-order valence-electron chi connectivity index (χ4n) is 3.36. The van der Waals surface area contributed by atoms with Crippen LogP contribution in [0.5, 0.6) is 5.75 Å². The van der Waals surface area contributed by atoms with Gasteiger partial charge >= 0.3 is 0 Å². The van der Waals surface area contributed by atoms with E-state index in [2.05, 4.69) is 5.32 Å². The van der Waals surface area contributed by atoms with Crippen molar-refractivity contribution >= 4 is 45.7 Å². The Morgan fingerprint density at radius 1 is 1.00 bits per heavy atom. The first-order valence-electron chi connectivity index (χ1n) is 9.54. The summed E-state index contributed by atoms with van der Waals surface area (Å²) in [5, 5.41) is 4.77. The van der Waals surface area contributed by atoms with Gasteiger partial charge in [-0.2, -0.15) is 0 Å². The number of benzene rings is 3. The van der Waals surface area contributed by atoms with E-state index in [-0.39, 0.29) is 5.91 Å². The van der Waals surface area contributed by atoms with Crippen LogP contribution in [0.15, 0.2) is 79.0 Å². The molecule has 6 heteroatoms. The molecule has 1 heterocycles. The molecule has 0 spiro atoms. The highest BCUT2D eigenvalue weighted by Crippen LogP contribution is 2.30. The van der Waals surface area contributed by atoms with Crippen molar-refractivity contribution < 1.29 is 9.53 Å². The predicted molar refractivity (Wildman–Crippen MR) is 123 cm³/mol. The summed E-state index contributed by atoms with van der Waals surface area (Å²) in [6.07, 6.45) is 1.90. The van der Waals surface area contributed by atoms with E-state index in [0.29, 0.717) is 22.3 Å². The Kier molecular flexibility index (Phi) is 5.98. The molecular weight excluding hydrogens is 419 g/mol. The van der Waals surface area contributed by atoms with Crippen LogP contribution in [0, 0.1) is 0 Å². The molecule has 0 aliphatic heterocycles. The summed E-state index contributed by atoms with van der Waals surface area (Å²) < 4.78 is 7.96. The van der Waals surface area contributed by atoms with Crippen molar-refractivity contribution in [2.45, 2.75) is 19.6 Å². The lowest BCUT2D eigenvalue weighted by Crippen LogP contribution is -2.23. The van der Waals surface area contributed by atoms with E-state index in [4.69, 9.17) is 27.9 Å². The summed E-state index contributed by atoms with van der Waals surface area (Å²) in [4.78, 5) is 12.8. The molecule has 0 aliphatic carbocycles. The Morgan fingerprint density at radius 2 is 1.73 bits per heavy atom. The van der Waals surface area contributed by atoms with Gasteiger partial charge in [0.05, 0.1) is 5.52 Å². The van der Waals surface area contributed by atoms with E-state index >= 15 is 0 Å². The lowest BCUT2D eigenvalue weighted by atomic mass is 10.2. The van der Waals surface area contributed by atoms with Crippen LogP contribution in [0.3, 0.4) is 0 Å². The number of ether oxygens (including phenoxy) is 1. The van der Waals surface area contributed by atoms with E-state index in [9.17, 15) is 4.79 Å². The Balaban J connectivity index is 1.54. The van der Waals surface area contributed by atoms with Crippen molar-refractivity contribution in [3.05, 3.63) is 94.6 Å². The van der Waals surface area contributed by atoms with E-state index < -0.39 is 6.04 Å². The largest absolute Gasteiger partial charge is 0.488 e. The van der Waals surface area contributed by atoms with Crippen molar-refractivity contribution in [1.29, 1.82) is 0 Å². The second-order valence-corrected chi connectivity index (χ2v) is 7.88. The smallest absolute Gasteiger partial charge is 0.247 e. The number of fused-ring (bicyclic) bond motifs is 1. The average molecular weight is 439 g/mol. The van der Waals surface area contributed by atoms with E-state index in [1.807, 2.05) is 72.3 Å². The van der Waals surface area contributed by atoms with Crippen LogP contribution in [-0.2, 0) is 11.4 Å². The van der Waals surface area contributed by atoms with Crippen molar-refractivity contribution in [2.24, 2.45) is 0 Å². The maximum atomic E-state index is 12.8. The number of rotatable bonds is 6. The summed E-state index contributed by atoms with van der Waals surface area (Å²) >= 11 is 12.1. The summed E-state index contributed by atoms with van der Waals surface area (Å²) in [5.41, 5.74) is 2.59. The first-order valence-corrected chi connectivity index (χ1v) is 10.3. The van der Waals surface area contributed by atoms with Gasteiger partial charge in [0.25, 0.3) is 0 Å². The molecule has 1 atom stereocenters. The quantitative estimate of drug-likeness (QED) is 0.362. The maximum absolute atomic E-state index is 12.8. The fraction of sp³-hybridized carbons (Fsp3) is 0.125. The number of nitrogens with zero attached hydrogens (tertiary/aromatic N) is 1. The lowest BCUT2D eigenvalue weighted by molar-refractivity contribution is -0.118. The zero-order valence-electron chi connectivity index (χ0n) is 16.3. The zero-order chi connectivity index (χ0) is 21.1. The molecule has 3 aromatic carbocycles. The van der Waals surface area contributed by atoms with Gasteiger partial charge in [-0.25, -0.2) is 0 Å². The average Bonchev–Trinajstić information content (AvgIpc) is 3.16. The maximum Gasteiger partial charge on any atom is 0.247 e. The molecule has 0 fully saturated rings. The third-order valence-corrected chi connectivity index (χ3v) is 5.32. The third-order valence-electron chi connectivity index (χ3n) is 4.89. The predicted octanol–water partition coefficient (Wildman–Crippen LogP) is 6.73. The molecule has 4 rings (SSSR count). The SMILES string of the molecule is CC(C(=O)Nc1cc(Cl)cc(Cl)c1)n1ccc2c(OCc3ccccc3)cccc21. The minimum Gasteiger partial charge on any atom is -0.488 e. The van der Waals surface area contributed by atoms with Crippen LogP contribution < -0.4 is 10.1 Å². The summed E-state index contributed by atoms with van der Waals surface area (Å²) in [6, 6.07) is 22.3. The molecule has 152 valence electrons. The Morgan fingerprint density at radius 3 is 2.47 bits per heavy atom. The molecule has 1 amide bonds.